The summed E-state index contributed by atoms with van der Waals surface area (Å²) in [5.41, 5.74) is 2.78. The van der Waals surface area contributed by atoms with E-state index in [2.05, 4.69) is 36.9 Å². The van der Waals surface area contributed by atoms with Crippen LogP contribution in [0.5, 0.6) is 5.75 Å². The number of anilines is 1. The van der Waals surface area contributed by atoms with E-state index in [1.807, 2.05) is 18.2 Å². The SMILES string of the molecule is Cc1ccc2c(N3CCCC(C)C3)nc(-c3ccccc3O)nc2c1. The van der Waals surface area contributed by atoms with Crippen molar-refractivity contribution < 1.29 is 5.11 Å². The molecule has 2 heterocycles. The Hall–Kier alpha value is -2.62. The van der Waals surface area contributed by atoms with E-state index in [1.165, 1.54) is 18.4 Å². The van der Waals surface area contributed by atoms with E-state index >= 15 is 0 Å². The molecule has 4 rings (SSSR count). The van der Waals surface area contributed by atoms with Crippen molar-refractivity contribution in [3.05, 3.63) is 48.0 Å². The Bertz CT molecular complexity index is 922. The van der Waals surface area contributed by atoms with Gasteiger partial charge < -0.3 is 10.0 Å². The number of fused-ring (bicyclic) bond motifs is 1. The molecule has 1 unspecified atom stereocenters. The summed E-state index contributed by atoms with van der Waals surface area (Å²) in [5, 5.41) is 11.3. The van der Waals surface area contributed by atoms with Crippen LogP contribution in [0.2, 0.25) is 0 Å². The number of nitrogens with zero attached hydrogens (tertiary/aromatic N) is 3. The van der Waals surface area contributed by atoms with Crippen molar-refractivity contribution in [2.75, 3.05) is 18.0 Å². The van der Waals surface area contributed by atoms with Gasteiger partial charge in [-0.25, -0.2) is 9.97 Å². The summed E-state index contributed by atoms with van der Waals surface area (Å²) < 4.78 is 0. The topological polar surface area (TPSA) is 49.2 Å². The van der Waals surface area contributed by atoms with Crippen LogP contribution in [-0.4, -0.2) is 28.2 Å². The number of hydrogen-bond acceptors (Lipinski definition) is 4. The smallest absolute Gasteiger partial charge is 0.165 e. The number of phenols is 1. The van der Waals surface area contributed by atoms with Gasteiger partial charge in [0.05, 0.1) is 11.1 Å². The fraction of sp³-hybridized carbons (Fsp3) is 0.333. The molecular formula is C21H23N3O. The summed E-state index contributed by atoms with van der Waals surface area (Å²) in [5.74, 6) is 2.45. The highest BCUT2D eigenvalue weighted by atomic mass is 16.3. The van der Waals surface area contributed by atoms with Gasteiger partial charge in [0.25, 0.3) is 0 Å². The van der Waals surface area contributed by atoms with Crippen molar-refractivity contribution >= 4 is 16.7 Å². The number of hydrogen-bond donors (Lipinski definition) is 1. The van der Waals surface area contributed by atoms with Gasteiger partial charge in [-0.3, -0.25) is 0 Å². The Kier molecular flexibility index (Phi) is 4.04. The molecule has 0 aliphatic carbocycles. The molecule has 128 valence electrons. The van der Waals surface area contributed by atoms with Crippen LogP contribution in [0, 0.1) is 12.8 Å². The predicted molar refractivity (Wildman–Crippen MR) is 102 cm³/mol. The van der Waals surface area contributed by atoms with Gasteiger partial charge >= 0.3 is 0 Å². The van der Waals surface area contributed by atoms with Crippen LogP contribution in [-0.2, 0) is 0 Å². The van der Waals surface area contributed by atoms with Gasteiger partial charge in [0.1, 0.15) is 11.6 Å². The maximum atomic E-state index is 10.2. The third-order valence-corrected chi connectivity index (χ3v) is 4.93. The van der Waals surface area contributed by atoms with Crippen LogP contribution < -0.4 is 4.90 Å². The van der Waals surface area contributed by atoms with Gasteiger partial charge in [0.15, 0.2) is 5.82 Å². The first-order chi connectivity index (χ1) is 12.1. The molecule has 0 radical (unpaired) electrons. The minimum absolute atomic E-state index is 0.215. The number of phenolic OH excluding ortho intramolecular Hbond substituents is 1. The van der Waals surface area contributed by atoms with Crippen molar-refractivity contribution in [1.29, 1.82) is 0 Å². The average molecular weight is 333 g/mol. The molecule has 1 fully saturated rings. The molecule has 0 amide bonds. The Morgan fingerprint density at radius 3 is 2.76 bits per heavy atom. The van der Waals surface area contributed by atoms with Crippen LogP contribution in [0.4, 0.5) is 5.82 Å². The van der Waals surface area contributed by atoms with Gasteiger partial charge in [-0.2, -0.15) is 0 Å². The number of aryl methyl sites for hydroxylation is 1. The average Bonchev–Trinajstić information content (AvgIpc) is 2.61. The maximum Gasteiger partial charge on any atom is 0.165 e. The van der Waals surface area contributed by atoms with Crippen molar-refractivity contribution in [3.8, 4) is 17.1 Å². The van der Waals surface area contributed by atoms with E-state index in [0.717, 1.165) is 29.8 Å². The summed E-state index contributed by atoms with van der Waals surface area (Å²) in [6.07, 6.45) is 2.45. The van der Waals surface area contributed by atoms with Crippen LogP contribution in [0.1, 0.15) is 25.3 Å². The summed E-state index contributed by atoms with van der Waals surface area (Å²) in [6.45, 7) is 6.40. The minimum Gasteiger partial charge on any atom is -0.507 e. The highest BCUT2D eigenvalue weighted by Gasteiger charge is 2.21. The molecule has 2 aromatic carbocycles. The molecule has 1 atom stereocenters. The first kappa shape index (κ1) is 15.9. The standard InChI is InChI=1S/C21H23N3O/c1-14-9-10-16-18(12-14)22-20(17-7-3-4-8-19(17)25)23-21(16)24-11-5-6-15(2)13-24/h3-4,7-10,12,15,25H,5-6,11,13H2,1-2H3. The highest BCUT2D eigenvalue weighted by Crippen LogP contribution is 2.33. The van der Waals surface area contributed by atoms with Crippen LogP contribution >= 0.6 is 0 Å². The minimum atomic E-state index is 0.215. The molecule has 1 N–H and O–H groups in total. The second-order valence-electron chi connectivity index (χ2n) is 7.10. The fourth-order valence-electron chi connectivity index (χ4n) is 3.63. The number of piperidine rings is 1. The summed E-state index contributed by atoms with van der Waals surface area (Å²) in [6, 6.07) is 13.6. The Labute approximate surface area is 148 Å². The van der Waals surface area contributed by atoms with E-state index in [9.17, 15) is 5.11 Å². The number of benzene rings is 2. The number of aromatic nitrogens is 2. The Morgan fingerprint density at radius 2 is 1.96 bits per heavy atom. The first-order valence-corrected chi connectivity index (χ1v) is 8.93. The molecule has 1 aromatic heterocycles. The van der Waals surface area contributed by atoms with Gasteiger partial charge in [-0.05, 0) is 55.5 Å². The van der Waals surface area contributed by atoms with Crippen LogP contribution in [0.3, 0.4) is 0 Å². The normalized spacial score (nSPS) is 17.8. The molecule has 4 nitrogen and oxygen atoms in total. The zero-order valence-electron chi connectivity index (χ0n) is 14.7. The molecule has 4 heteroatoms. The largest absolute Gasteiger partial charge is 0.507 e. The lowest BCUT2D eigenvalue weighted by molar-refractivity contribution is 0.445. The van der Waals surface area contributed by atoms with Gasteiger partial charge in [-0.15, -0.1) is 0 Å². The van der Waals surface area contributed by atoms with Crippen molar-refractivity contribution in [1.82, 2.24) is 9.97 Å². The van der Waals surface area contributed by atoms with Crippen molar-refractivity contribution in [2.24, 2.45) is 5.92 Å². The number of para-hydroxylation sites is 1. The predicted octanol–water partition coefficient (Wildman–Crippen LogP) is 4.55. The van der Waals surface area contributed by atoms with E-state index in [-0.39, 0.29) is 5.75 Å². The quantitative estimate of drug-likeness (QED) is 0.747. The van der Waals surface area contributed by atoms with Crippen molar-refractivity contribution in [2.45, 2.75) is 26.7 Å². The first-order valence-electron chi connectivity index (χ1n) is 8.93. The molecule has 1 aliphatic rings. The van der Waals surface area contributed by atoms with E-state index < -0.39 is 0 Å². The lowest BCUT2D eigenvalue weighted by Crippen LogP contribution is -2.35. The molecule has 1 aliphatic heterocycles. The summed E-state index contributed by atoms with van der Waals surface area (Å²) in [7, 11) is 0. The lowest BCUT2D eigenvalue weighted by atomic mass is 10.00. The molecule has 0 saturated carbocycles. The van der Waals surface area contributed by atoms with Gasteiger partial charge in [-0.1, -0.05) is 25.1 Å². The number of rotatable bonds is 2. The lowest BCUT2D eigenvalue weighted by Gasteiger charge is -2.32. The molecule has 0 bridgehead atoms. The highest BCUT2D eigenvalue weighted by molar-refractivity contribution is 5.91. The van der Waals surface area contributed by atoms with E-state index in [0.29, 0.717) is 17.3 Å². The third-order valence-electron chi connectivity index (χ3n) is 4.93. The Balaban J connectivity index is 1.92. The summed E-state index contributed by atoms with van der Waals surface area (Å²) in [4.78, 5) is 12.0. The van der Waals surface area contributed by atoms with E-state index in [4.69, 9.17) is 9.97 Å². The number of aromatic hydroxyl groups is 1. The van der Waals surface area contributed by atoms with Gasteiger partial charge in [0.2, 0.25) is 0 Å². The zero-order chi connectivity index (χ0) is 17.4. The maximum absolute atomic E-state index is 10.2. The molecule has 0 spiro atoms. The second-order valence-corrected chi connectivity index (χ2v) is 7.10. The Morgan fingerprint density at radius 1 is 1.12 bits per heavy atom. The monoisotopic (exact) mass is 333 g/mol. The molecule has 25 heavy (non-hydrogen) atoms. The van der Waals surface area contributed by atoms with E-state index in [1.54, 1.807) is 6.07 Å². The second kappa shape index (κ2) is 6.36. The zero-order valence-corrected chi connectivity index (χ0v) is 14.7. The van der Waals surface area contributed by atoms with Crippen LogP contribution in [0.25, 0.3) is 22.3 Å². The molecule has 1 saturated heterocycles. The van der Waals surface area contributed by atoms with Crippen LogP contribution in [0.15, 0.2) is 42.5 Å². The van der Waals surface area contributed by atoms with Crippen molar-refractivity contribution in [3.63, 3.8) is 0 Å². The third kappa shape index (κ3) is 3.04. The molecular weight excluding hydrogens is 310 g/mol. The summed E-state index contributed by atoms with van der Waals surface area (Å²) >= 11 is 0. The fourth-order valence-corrected chi connectivity index (χ4v) is 3.63. The van der Waals surface area contributed by atoms with Gasteiger partial charge in [0, 0.05) is 18.5 Å². The molecule has 3 aromatic rings.